The Morgan fingerprint density at radius 3 is 2.65 bits per heavy atom. The fourth-order valence-corrected chi connectivity index (χ4v) is 1.87. The van der Waals surface area contributed by atoms with Crippen LogP contribution in [0.4, 0.5) is 8.78 Å². The Kier molecular flexibility index (Phi) is 2.90. The Balaban J connectivity index is 2.81. The van der Waals surface area contributed by atoms with E-state index in [1.807, 2.05) is 0 Å². The van der Waals surface area contributed by atoms with Gasteiger partial charge in [0.25, 0.3) is 0 Å². The minimum Gasteiger partial charge on any atom is -0.394 e. The Morgan fingerprint density at radius 2 is 2.06 bits per heavy atom. The molecule has 0 aliphatic rings. The van der Waals surface area contributed by atoms with Crippen molar-refractivity contribution in [1.82, 2.24) is 15.0 Å². The van der Waals surface area contributed by atoms with Crippen molar-refractivity contribution in [2.75, 3.05) is 6.61 Å². The minimum atomic E-state index is -1.03. The molecule has 0 aliphatic carbocycles. The maximum Gasteiger partial charge on any atom is 0.187 e. The second-order valence-corrected chi connectivity index (χ2v) is 5.18. The molecule has 2 rings (SSSR count). The van der Waals surface area contributed by atoms with Crippen molar-refractivity contribution in [2.24, 2.45) is 0 Å². The molecule has 0 spiro atoms. The topological polar surface area (TPSA) is 50.9 Å². The molecule has 0 saturated carbocycles. The van der Waals surface area contributed by atoms with Gasteiger partial charge < -0.3 is 5.11 Å². The predicted octanol–water partition coefficient (Wildman–Crippen LogP) is 2.20. The third-order valence-corrected chi connectivity index (χ3v) is 3.11. The van der Waals surface area contributed by atoms with Crippen molar-refractivity contribution in [3.63, 3.8) is 0 Å². The Morgan fingerprint density at radius 1 is 1.41 bits per heavy atom. The highest BCUT2D eigenvalue weighted by Crippen LogP contribution is 2.28. The predicted molar refractivity (Wildman–Crippen MR) is 61.6 cm³/mol. The van der Waals surface area contributed by atoms with Gasteiger partial charge in [0.2, 0.25) is 0 Å². The molecule has 0 bridgehead atoms. The summed E-state index contributed by atoms with van der Waals surface area (Å²) < 4.78 is 28.5. The maximum atomic E-state index is 13.8. The van der Waals surface area contributed by atoms with E-state index in [-0.39, 0.29) is 22.1 Å². The lowest BCUT2D eigenvalue weighted by molar-refractivity contribution is 0.153. The average Bonchev–Trinajstić information content (AvgIpc) is 2.70. The van der Waals surface area contributed by atoms with Crippen LogP contribution < -0.4 is 0 Å². The van der Waals surface area contributed by atoms with E-state index >= 15 is 0 Å². The molecule has 4 nitrogen and oxygen atoms in total. The number of benzene rings is 1. The molecular weight excluding hydrogens is 296 g/mol. The summed E-state index contributed by atoms with van der Waals surface area (Å²) in [4.78, 5) is 0. The van der Waals surface area contributed by atoms with Crippen LogP contribution in [0.25, 0.3) is 11.0 Å². The molecule has 0 unspecified atom stereocenters. The van der Waals surface area contributed by atoms with Gasteiger partial charge in [-0.2, -0.15) is 0 Å². The summed E-state index contributed by atoms with van der Waals surface area (Å²) in [6, 6.07) is 1.35. The lowest BCUT2D eigenvalue weighted by atomic mass is 10.1. The summed E-state index contributed by atoms with van der Waals surface area (Å²) in [5.41, 5.74) is -0.669. The summed E-state index contributed by atoms with van der Waals surface area (Å²) in [6.07, 6.45) is 0. The van der Waals surface area contributed by atoms with Crippen LogP contribution in [0.3, 0.4) is 0 Å². The third-order valence-electron chi connectivity index (χ3n) is 2.53. The van der Waals surface area contributed by atoms with Gasteiger partial charge in [0.05, 0.1) is 16.6 Å². The largest absolute Gasteiger partial charge is 0.394 e. The number of halogens is 3. The number of rotatable bonds is 2. The normalized spacial score (nSPS) is 12.4. The Hall–Kier alpha value is -1.08. The Bertz CT molecular complexity index is 582. The van der Waals surface area contributed by atoms with Gasteiger partial charge in [0, 0.05) is 0 Å². The van der Waals surface area contributed by atoms with Gasteiger partial charge in [-0.15, -0.1) is 5.10 Å². The Labute approximate surface area is 104 Å². The van der Waals surface area contributed by atoms with Crippen LogP contribution in [0.15, 0.2) is 10.5 Å². The van der Waals surface area contributed by atoms with Crippen molar-refractivity contribution in [3.05, 3.63) is 22.2 Å². The van der Waals surface area contributed by atoms with Crippen molar-refractivity contribution < 1.29 is 13.9 Å². The van der Waals surface area contributed by atoms with Crippen LogP contribution in [-0.4, -0.2) is 26.7 Å². The molecule has 0 aliphatic heterocycles. The number of aliphatic hydroxyl groups is 1. The monoisotopic (exact) mass is 305 g/mol. The third kappa shape index (κ3) is 1.83. The van der Waals surface area contributed by atoms with Gasteiger partial charge in [-0.05, 0) is 35.8 Å². The van der Waals surface area contributed by atoms with Crippen LogP contribution in [0.5, 0.6) is 0 Å². The van der Waals surface area contributed by atoms with E-state index in [0.29, 0.717) is 0 Å². The first-order chi connectivity index (χ1) is 7.88. The van der Waals surface area contributed by atoms with E-state index in [2.05, 4.69) is 26.2 Å². The SMILES string of the molecule is CC(C)(CO)n1nnc2cc(Br)c(F)c(F)c21. The molecule has 1 heterocycles. The van der Waals surface area contributed by atoms with Crippen LogP contribution in [0.1, 0.15) is 13.8 Å². The van der Waals surface area contributed by atoms with Gasteiger partial charge in [-0.1, -0.05) is 5.21 Å². The van der Waals surface area contributed by atoms with E-state index in [4.69, 9.17) is 0 Å². The second-order valence-electron chi connectivity index (χ2n) is 4.33. The number of aromatic nitrogens is 3. The van der Waals surface area contributed by atoms with Crippen LogP contribution in [0.2, 0.25) is 0 Å². The molecule has 1 aromatic carbocycles. The first-order valence-corrected chi connectivity index (χ1v) is 5.68. The van der Waals surface area contributed by atoms with E-state index in [1.165, 1.54) is 10.7 Å². The van der Waals surface area contributed by atoms with Crippen LogP contribution in [0, 0.1) is 11.6 Å². The van der Waals surface area contributed by atoms with Crippen molar-refractivity contribution in [1.29, 1.82) is 0 Å². The smallest absolute Gasteiger partial charge is 0.187 e. The van der Waals surface area contributed by atoms with E-state index in [1.54, 1.807) is 13.8 Å². The van der Waals surface area contributed by atoms with E-state index in [0.717, 1.165) is 0 Å². The zero-order chi connectivity index (χ0) is 12.8. The van der Waals surface area contributed by atoms with Crippen molar-refractivity contribution in [3.8, 4) is 0 Å². The highest BCUT2D eigenvalue weighted by molar-refractivity contribution is 9.10. The zero-order valence-corrected chi connectivity index (χ0v) is 10.8. The number of nitrogens with zero attached hydrogens (tertiary/aromatic N) is 3. The molecule has 2 aromatic rings. The molecule has 1 aromatic heterocycles. The van der Waals surface area contributed by atoms with Crippen molar-refractivity contribution in [2.45, 2.75) is 19.4 Å². The lowest BCUT2D eigenvalue weighted by Crippen LogP contribution is -2.31. The van der Waals surface area contributed by atoms with E-state index < -0.39 is 17.2 Å². The number of hydrogen-bond donors (Lipinski definition) is 1. The molecule has 7 heteroatoms. The fourth-order valence-electron chi connectivity index (χ4n) is 1.48. The summed E-state index contributed by atoms with van der Waals surface area (Å²) in [6.45, 7) is 3.05. The number of aliphatic hydroxyl groups excluding tert-OH is 1. The van der Waals surface area contributed by atoms with E-state index in [9.17, 15) is 13.9 Å². The van der Waals surface area contributed by atoms with Crippen LogP contribution >= 0.6 is 15.9 Å². The van der Waals surface area contributed by atoms with Crippen LogP contribution in [-0.2, 0) is 5.54 Å². The molecule has 92 valence electrons. The van der Waals surface area contributed by atoms with Gasteiger partial charge in [0.1, 0.15) is 11.0 Å². The first kappa shape index (κ1) is 12.4. The molecule has 0 radical (unpaired) electrons. The summed E-state index contributed by atoms with van der Waals surface area (Å²) >= 11 is 2.90. The number of hydrogen-bond acceptors (Lipinski definition) is 3. The highest BCUT2D eigenvalue weighted by Gasteiger charge is 2.26. The summed E-state index contributed by atoms with van der Waals surface area (Å²) in [5, 5.41) is 16.7. The molecule has 0 amide bonds. The zero-order valence-electron chi connectivity index (χ0n) is 9.21. The van der Waals surface area contributed by atoms with Gasteiger partial charge >= 0.3 is 0 Å². The number of fused-ring (bicyclic) bond motifs is 1. The molecule has 17 heavy (non-hydrogen) atoms. The van der Waals surface area contributed by atoms with Gasteiger partial charge in [0.15, 0.2) is 11.6 Å². The second kappa shape index (κ2) is 3.99. The van der Waals surface area contributed by atoms with Crippen molar-refractivity contribution >= 4 is 27.0 Å². The molecule has 0 fully saturated rings. The molecule has 0 atom stereocenters. The standard InChI is InChI=1S/C10H10BrF2N3O/c1-10(2,4-17)16-9-6(14-15-16)3-5(11)7(12)8(9)13/h3,17H,4H2,1-2H3. The lowest BCUT2D eigenvalue weighted by Gasteiger charge is -2.22. The summed E-state index contributed by atoms with van der Waals surface area (Å²) in [5.74, 6) is -2.02. The molecule has 0 saturated heterocycles. The highest BCUT2D eigenvalue weighted by atomic mass is 79.9. The first-order valence-electron chi connectivity index (χ1n) is 4.88. The molecule has 1 N–H and O–H groups in total. The van der Waals surface area contributed by atoms with Gasteiger partial charge in [-0.25, -0.2) is 13.5 Å². The maximum absolute atomic E-state index is 13.8. The van der Waals surface area contributed by atoms with Gasteiger partial charge in [-0.3, -0.25) is 0 Å². The minimum absolute atomic E-state index is 0.00338. The quantitative estimate of drug-likeness (QED) is 0.865. The molecular formula is C10H10BrF2N3O. The fraction of sp³-hybridized carbons (Fsp3) is 0.400. The average molecular weight is 306 g/mol. The summed E-state index contributed by atoms with van der Waals surface area (Å²) in [7, 11) is 0.